The number of hydrogen-bond donors (Lipinski definition) is 1. The molecule has 0 bridgehead atoms. The topological polar surface area (TPSA) is 55.4 Å². The third kappa shape index (κ3) is 5.76. The van der Waals surface area contributed by atoms with E-state index in [0.717, 1.165) is 16.2 Å². The van der Waals surface area contributed by atoms with Crippen molar-refractivity contribution in [2.75, 3.05) is 12.4 Å². The molecule has 0 fully saturated rings. The fourth-order valence-corrected chi connectivity index (χ4v) is 3.70. The molecule has 0 heterocycles. The number of amides is 1. The van der Waals surface area contributed by atoms with Crippen molar-refractivity contribution in [3.05, 3.63) is 93.5 Å². The average molecular weight is 446 g/mol. The summed E-state index contributed by atoms with van der Waals surface area (Å²) >= 11 is 13.6. The largest absolute Gasteiger partial charge is 0.465 e. The Morgan fingerprint density at radius 3 is 2.31 bits per heavy atom. The minimum Gasteiger partial charge on any atom is -0.465 e. The summed E-state index contributed by atoms with van der Waals surface area (Å²) in [5.74, 6) is -0.0582. The number of thioether (sulfide) groups is 1. The van der Waals surface area contributed by atoms with Gasteiger partial charge >= 0.3 is 5.97 Å². The normalized spacial score (nSPS) is 10.4. The number of benzene rings is 3. The summed E-state index contributed by atoms with van der Waals surface area (Å²) in [5.41, 5.74) is 2.27. The van der Waals surface area contributed by atoms with Gasteiger partial charge in [-0.15, -0.1) is 11.8 Å². The van der Waals surface area contributed by atoms with E-state index < -0.39 is 5.97 Å². The second kappa shape index (κ2) is 9.83. The molecule has 3 aromatic carbocycles. The first-order valence-electron chi connectivity index (χ1n) is 8.63. The van der Waals surface area contributed by atoms with Crippen LogP contribution in [0.5, 0.6) is 0 Å². The Morgan fingerprint density at radius 2 is 1.66 bits per heavy atom. The number of nitrogens with one attached hydrogen (secondary N) is 1. The van der Waals surface area contributed by atoms with Crippen LogP contribution in [0.4, 0.5) is 5.69 Å². The Morgan fingerprint density at radius 1 is 0.966 bits per heavy atom. The van der Waals surface area contributed by atoms with Crippen molar-refractivity contribution in [1.82, 2.24) is 0 Å². The summed E-state index contributed by atoms with van der Waals surface area (Å²) < 4.78 is 4.69. The number of rotatable bonds is 6. The monoisotopic (exact) mass is 445 g/mol. The van der Waals surface area contributed by atoms with Crippen molar-refractivity contribution >= 4 is 52.5 Å². The van der Waals surface area contributed by atoms with Gasteiger partial charge in [0.15, 0.2) is 0 Å². The lowest BCUT2D eigenvalue weighted by atomic mass is 10.1. The van der Waals surface area contributed by atoms with Crippen molar-refractivity contribution < 1.29 is 14.3 Å². The Bertz CT molecular complexity index is 1020. The first kappa shape index (κ1) is 21.2. The molecule has 148 valence electrons. The zero-order chi connectivity index (χ0) is 20.8. The van der Waals surface area contributed by atoms with Gasteiger partial charge < -0.3 is 10.1 Å². The summed E-state index contributed by atoms with van der Waals surface area (Å²) in [5, 5.41) is 3.74. The van der Waals surface area contributed by atoms with Crippen LogP contribution >= 0.6 is 35.0 Å². The van der Waals surface area contributed by atoms with Crippen LogP contribution in [0.1, 0.15) is 26.3 Å². The molecule has 0 saturated carbocycles. The molecular formula is C22H17Cl2NO3S. The number of carbonyl (C=O) groups is 2. The molecule has 0 radical (unpaired) electrons. The first-order valence-corrected chi connectivity index (χ1v) is 10.4. The lowest BCUT2D eigenvalue weighted by molar-refractivity contribution is 0.0600. The van der Waals surface area contributed by atoms with Gasteiger partial charge in [-0.25, -0.2) is 4.79 Å². The summed E-state index contributed by atoms with van der Waals surface area (Å²) in [7, 11) is 1.27. The molecule has 0 aromatic heterocycles. The van der Waals surface area contributed by atoms with Gasteiger partial charge in [-0.1, -0.05) is 35.3 Å². The van der Waals surface area contributed by atoms with Crippen LogP contribution in [-0.2, 0) is 10.5 Å². The molecule has 1 amide bonds. The molecule has 4 nitrogen and oxygen atoms in total. The van der Waals surface area contributed by atoms with Crippen LogP contribution in [0, 0.1) is 0 Å². The minimum atomic E-state index is -0.561. The zero-order valence-corrected chi connectivity index (χ0v) is 17.8. The molecular weight excluding hydrogens is 429 g/mol. The predicted molar refractivity (Wildman–Crippen MR) is 118 cm³/mol. The fourth-order valence-electron chi connectivity index (χ4n) is 2.52. The van der Waals surface area contributed by atoms with E-state index in [2.05, 4.69) is 5.32 Å². The minimum absolute atomic E-state index is 0.196. The maximum atomic E-state index is 12.5. The highest BCUT2D eigenvalue weighted by Crippen LogP contribution is 2.25. The number of methoxy groups -OCH3 is 1. The van der Waals surface area contributed by atoms with E-state index in [9.17, 15) is 9.59 Å². The second-order valence-corrected chi connectivity index (χ2v) is 7.97. The summed E-state index contributed by atoms with van der Waals surface area (Å²) in [6.07, 6.45) is 0. The second-order valence-electron chi connectivity index (χ2n) is 6.08. The van der Waals surface area contributed by atoms with E-state index >= 15 is 0 Å². The number of esters is 1. The highest BCUT2D eigenvalue weighted by atomic mass is 35.5. The number of halogens is 2. The van der Waals surface area contributed by atoms with Gasteiger partial charge in [-0.2, -0.15) is 0 Å². The molecule has 3 aromatic rings. The molecule has 0 unspecified atom stereocenters. The third-order valence-electron chi connectivity index (χ3n) is 4.06. The van der Waals surface area contributed by atoms with E-state index in [4.69, 9.17) is 27.9 Å². The lowest BCUT2D eigenvalue weighted by Gasteiger charge is -2.09. The Hall–Kier alpha value is -2.47. The predicted octanol–water partition coefficient (Wildman–Crippen LogP) is 6.32. The molecule has 0 aliphatic heterocycles. The molecule has 0 atom stereocenters. The van der Waals surface area contributed by atoms with E-state index in [1.807, 2.05) is 36.4 Å². The van der Waals surface area contributed by atoms with Gasteiger partial charge in [0.2, 0.25) is 0 Å². The number of hydrogen-bond acceptors (Lipinski definition) is 4. The molecule has 7 heteroatoms. The average Bonchev–Trinajstić information content (AvgIpc) is 2.74. The third-order valence-corrected chi connectivity index (χ3v) is 5.73. The Kier molecular flexibility index (Phi) is 7.20. The van der Waals surface area contributed by atoms with E-state index in [0.29, 0.717) is 16.3 Å². The van der Waals surface area contributed by atoms with Gasteiger partial charge in [0, 0.05) is 26.9 Å². The van der Waals surface area contributed by atoms with Crippen molar-refractivity contribution in [2.45, 2.75) is 10.6 Å². The van der Waals surface area contributed by atoms with Crippen molar-refractivity contribution in [3.63, 3.8) is 0 Å². The standard InChI is InChI=1S/C22H17Cl2NO3S/c1-28-22(27)19-12-17(8-11-20(19)24)25-21(26)15-4-2-14(3-5-15)13-29-18-9-6-16(23)7-10-18/h2-12H,13H2,1H3,(H,25,26). The zero-order valence-electron chi connectivity index (χ0n) is 15.4. The highest BCUT2D eigenvalue weighted by molar-refractivity contribution is 7.98. The summed E-state index contributed by atoms with van der Waals surface area (Å²) in [6, 6.07) is 19.7. The molecule has 0 saturated heterocycles. The maximum absolute atomic E-state index is 12.5. The van der Waals surface area contributed by atoms with Crippen LogP contribution in [0.3, 0.4) is 0 Å². The highest BCUT2D eigenvalue weighted by Gasteiger charge is 2.13. The molecule has 0 aliphatic carbocycles. The van der Waals surface area contributed by atoms with Crippen molar-refractivity contribution in [1.29, 1.82) is 0 Å². The van der Waals surface area contributed by atoms with Gasteiger partial charge in [-0.3, -0.25) is 4.79 Å². The van der Waals surface area contributed by atoms with Gasteiger partial charge in [0.05, 0.1) is 17.7 Å². The quantitative estimate of drug-likeness (QED) is 0.355. The molecule has 3 rings (SSSR count). The van der Waals surface area contributed by atoms with Crippen LogP contribution in [-0.4, -0.2) is 19.0 Å². The smallest absolute Gasteiger partial charge is 0.339 e. The molecule has 29 heavy (non-hydrogen) atoms. The molecule has 0 spiro atoms. The van der Waals surface area contributed by atoms with Crippen LogP contribution < -0.4 is 5.32 Å². The molecule has 1 N–H and O–H groups in total. The van der Waals surface area contributed by atoms with E-state index in [1.165, 1.54) is 13.2 Å². The van der Waals surface area contributed by atoms with Crippen LogP contribution in [0.15, 0.2) is 71.6 Å². The van der Waals surface area contributed by atoms with E-state index in [-0.39, 0.29) is 16.5 Å². The van der Waals surface area contributed by atoms with E-state index in [1.54, 1.807) is 36.0 Å². The number of carbonyl (C=O) groups excluding carboxylic acids is 2. The Labute approximate surface area is 183 Å². The number of ether oxygens (including phenoxy) is 1. The molecule has 0 aliphatic rings. The van der Waals surface area contributed by atoms with Gasteiger partial charge in [-0.05, 0) is 60.2 Å². The van der Waals surface area contributed by atoms with Crippen LogP contribution in [0.2, 0.25) is 10.0 Å². The van der Waals surface area contributed by atoms with Crippen LogP contribution in [0.25, 0.3) is 0 Å². The fraction of sp³-hybridized carbons (Fsp3) is 0.0909. The SMILES string of the molecule is COC(=O)c1cc(NC(=O)c2ccc(CSc3ccc(Cl)cc3)cc2)ccc1Cl. The first-order chi connectivity index (χ1) is 14.0. The summed E-state index contributed by atoms with van der Waals surface area (Å²) in [4.78, 5) is 25.4. The van der Waals surface area contributed by atoms with Crippen molar-refractivity contribution in [2.24, 2.45) is 0 Å². The maximum Gasteiger partial charge on any atom is 0.339 e. The lowest BCUT2D eigenvalue weighted by Crippen LogP contribution is -2.12. The summed E-state index contributed by atoms with van der Waals surface area (Å²) in [6.45, 7) is 0. The van der Waals surface area contributed by atoms with Gasteiger partial charge in [0.25, 0.3) is 5.91 Å². The van der Waals surface area contributed by atoms with Crippen molar-refractivity contribution in [3.8, 4) is 0 Å². The number of anilines is 1. The van der Waals surface area contributed by atoms with Gasteiger partial charge in [0.1, 0.15) is 0 Å². The Balaban J connectivity index is 1.63.